The minimum atomic E-state index is -0.540. The molecule has 1 amide bonds. The van der Waals surface area contributed by atoms with E-state index in [1.165, 1.54) is 0 Å². The van der Waals surface area contributed by atoms with Crippen LogP contribution in [0, 0.1) is 0 Å². The van der Waals surface area contributed by atoms with Crippen molar-refractivity contribution in [2.75, 3.05) is 12.4 Å². The maximum Gasteiger partial charge on any atom is 0.348 e. The second-order valence-electron chi connectivity index (χ2n) is 4.91. The van der Waals surface area contributed by atoms with E-state index in [4.69, 9.17) is 9.15 Å². The molecule has 1 N–H and O–H groups in total. The second-order valence-corrected chi connectivity index (χ2v) is 4.91. The first-order valence-electron chi connectivity index (χ1n) is 6.96. The minimum Gasteiger partial charge on any atom is -0.388 e. The van der Waals surface area contributed by atoms with Gasteiger partial charge >= 0.3 is 11.6 Å². The van der Waals surface area contributed by atoms with Gasteiger partial charge in [-0.25, -0.2) is 4.79 Å². The van der Waals surface area contributed by atoms with E-state index in [0.717, 1.165) is 5.56 Å². The number of carbonyl (C=O) groups is 1. The largest absolute Gasteiger partial charge is 0.388 e. The standard InChI is InChI=1S/C17H14N2O4/c1-22-10-11-6-8-12(9-7-11)15(20)19-17-18-14-5-3-2-4-13(14)16(21)23-17/h2-9H,10H2,1H3,(H,18,19,20). The molecule has 3 rings (SSSR count). The molecule has 0 aliphatic heterocycles. The van der Waals surface area contributed by atoms with Crippen molar-refractivity contribution < 1.29 is 13.9 Å². The first kappa shape index (κ1) is 14.9. The predicted molar refractivity (Wildman–Crippen MR) is 85.4 cm³/mol. The van der Waals surface area contributed by atoms with E-state index in [1.807, 2.05) is 0 Å². The zero-order chi connectivity index (χ0) is 16.2. The molecule has 116 valence electrons. The van der Waals surface area contributed by atoms with Gasteiger partial charge in [0, 0.05) is 12.7 Å². The van der Waals surface area contributed by atoms with Crippen LogP contribution in [-0.2, 0) is 11.3 Å². The van der Waals surface area contributed by atoms with Crippen molar-refractivity contribution in [2.45, 2.75) is 6.61 Å². The molecule has 23 heavy (non-hydrogen) atoms. The topological polar surface area (TPSA) is 81.4 Å². The molecule has 0 spiro atoms. The lowest BCUT2D eigenvalue weighted by atomic mass is 10.1. The summed E-state index contributed by atoms with van der Waals surface area (Å²) in [7, 11) is 1.61. The van der Waals surface area contributed by atoms with Crippen molar-refractivity contribution >= 4 is 22.8 Å². The average Bonchev–Trinajstić information content (AvgIpc) is 2.56. The summed E-state index contributed by atoms with van der Waals surface area (Å²) in [6.07, 6.45) is 0. The fourth-order valence-corrected chi connectivity index (χ4v) is 2.16. The number of carbonyl (C=O) groups excluding carboxylic acids is 1. The maximum absolute atomic E-state index is 12.2. The zero-order valence-corrected chi connectivity index (χ0v) is 12.4. The summed E-state index contributed by atoms with van der Waals surface area (Å²) >= 11 is 0. The molecule has 0 unspecified atom stereocenters. The van der Waals surface area contributed by atoms with Crippen LogP contribution in [0.25, 0.3) is 10.9 Å². The van der Waals surface area contributed by atoms with Crippen molar-refractivity contribution in [3.63, 3.8) is 0 Å². The van der Waals surface area contributed by atoms with E-state index in [1.54, 1.807) is 55.6 Å². The number of amides is 1. The van der Waals surface area contributed by atoms with Gasteiger partial charge in [-0.2, -0.15) is 4.98 Å². The predicted octanol–water partition coefficient (Wildman–Crippen LogP) is 2.59. The number of hydrogen-bond donors (Lipinski definition) is 1. The van der Waals surface area contributed by atoms with Gasteiger partial charge < -0.3 is 9.15 Å². The molecule has 0 aliphatic carbocycles. The van der Waals surface area contributed by atoms with Gasteiger partial charge in [0.25, 0.3) is 5.91 Å². The lowest BCUT2D eigenvalue weighted by molar-refractivity contribution is 0.102. The van der Waals surface area contributed by atoms with Gasteiger partial charge in [-0.1, -0.05) is 24.3 Å². The van der Waals surface area contributed by atoms with Gasteiger partial charge in [0.2, 0.25) is 0 Å². The number of anilines is 1. The number of hydrogen-bond acceptors (Lipinski definition) is 5. The fraction of sp³-hybridized carbons (Fsp3) is 0.118. The van der Waals surface area contributed by atoms with Crippen LogP contribution >= 0.6 is 0 Å². The third-order valence-electron chi connectivity index (χ3n) is 3.28. The molecule has 0 bridgehead atoms. The summed E-state index contributed by atoms with van der Waals surface area (Å²) in [6.45, 7) is 0.475. The molecule has 0 fully saturated rings. The summed E-state index contributed by atoms with van der Waals surface area (Å²) in [4.78, 5) is 28.2. The Labute approximate surface area is 131 Å². The summed E-state index contributed by atoms with van der Waals surface area (Å²) in [5.74, 6) is -0.403. The van der Waals surface area contributed by atoms with Crippen LogP contribution in [0.2, 0.25) is 0 Å². The molecular formula is C17H14N2O4. The fourth-order valence-electron chi connectivity index (χ4n) is 2.16. The Bertz CT molecular complexity index is 900. The van der Waals surface area contributed by atoms with Crippen LogP contribution < -0.4 is 10.9 Å². The monoisotopic (exact) mass is 310 g/mol. The molecule has 0 radical (unpaired) electrons. The van der Waals surface area contributed by atoms with Gasteiger partial charge in [0.05, 0.1) is 17.5 Å². The van der Waals surface area contributed by atoms with E-state index in [9.17, 15) is 9.59 Å². The third-order valence-corrected chi connectivity index (χ3v) is 3.28. The highest BCUT2D eigenvalue weighted by molar-refractivity contribution is 6.03. The number of para-hydroxylation sites is 1. The molecule has 0 saturated heterocycles. The number of nitrogens with one attached hydrogen (secondary N) is 1. The van der Waals surface area contributed by atoms with Crippen LogP contribution in [0.4, 0.5) is 6.01 Å². The summed E-state index contributed by atoms with van der Waals surface area (Å²) < 4.78 is 10.0. The highest BCUT2D eigenvalue weighted by Crippen LogP contribution is 2.12. The Hall–Kier alpha value is -2.99. The number of benzene rings is 2. The quantitative estimate of drug-likeness (QED) is 0.801. The number of rotatable bonds is 4. The van der Waals surface area contributed by atoms with E-state index in [0.29, 0.717) is 23.1 Å². The Morgan fingerprint density at radius 2 is 1.91 bits per heavy atom. The van der Waals surface area contributed by atoms with Crippen LogP contribution in [0.3, 0.4) is 0 Å². The average molecular weight is 310 g/mol. The molecule has 1 aromatic heterocycles. The third kappa shape index (κ3) is 3.27. The minimum absolute atomic E-state index is 0.125. The Morgan fingerprint density at radius 1 is 1.17 bits per heavy atom. The first-order valence-corrected chi connectivity index (χ1v) is 6.96. The summed E-state index contributed by atoms with van der Waals surface area (Å²) in [6, 6.07) is 13.6. The summed E-state index contributed by atoms with van der Waals surface area (Å²) in [5.41, 5.74) is 1.32. The Kier molecular flexibility index (Phi) is 4.16. The van der Waals surface area contributed by atoms with E-state index >= 15 is 0 Å². The Balaban J connectivity index is 1.83. The van der Waals surface area contributed by atoms with Crippen molar-refractivity contribution in [3.05, 3.63) is 70.1 Å². The van der Waals surface area contributed by atoms with Crippen molar-refractivity contribution in [1.29, 1.82) is 0 Å². The van der Waals surface area contributed by atoms with Crippen LogP contribution in [-0.4, -0.2) is 18.0 Å². The first-order chi connectivity index (χ1) is 11.2. The number of methoxy groups -OCH3 is 1. The lowest BCUT2D eigenvalue weighted by Crippen LogP contribution is -2.15. The van der Waals surface area contributed by atoms with Crippen molar-refractivity contribution in [3.8, 4) is 0 Å². The molecule has 0 aliphatic rings. The van der Waals surface area contributed by atoms with Gasteiger partial charge in [-0.15, -0.1) is 0 Å². The molecular weight excluding hydrogens is 296 g/mol. The molecule has 6 nitrogen and oxygen atoms in total. The maximum atomic E-state index is 12.2. The van der Waals surface area contributed by atoms with Crippen molar-refractivity contribution in [1.82, 2.24) is 4.98 Å². The van der Waals surface area contributed by atoms with Gasteiger partial charge in [-0.05, 0) is 29.8 Å². The number of aromatic nitrogens is 1. The smallest absolute Gasteiger partial charge is 0.348 e. The highest BCUT2D eigenvalue weighted by atomic mass is 16.5. The van der Waals surface area contributed by atoms with Gasteiger partial charge in [0.15, 0.2) is 0 Å². The van der Waals surface area contributed by atoms with Crippen molar-refractivity contribution in [2.24, 2.45) is 0 Å². The van der Waals surface area contributed by atoms with Crippen LogP contribution in [0.5, 0.6) is 0 Å². The molecule has 1 heterocycles. The molecule has 2 aromatic carbocycles. The van der Waals surface area contributed by atoms with E-state index < -0.39 is 11.5 Å². The van der Waals surface area contributed by atoms with Crippen LogP contribution in [0.15, 0.2) is 57.7 Å². The summed E-state index contributed by atoms with van der Waals surface area (Å²) in [5, 5.41) is 2.86. The normalized spacial score (nSPS) is 10.7. The SMILES string of the molecule is COCc1ccc(C(=O)Nc2nc3ccccc3c(=O)o2)cc1. The molecule has 0 saturated carbocycles. The molecule has 0 atom stereocenters. The zero-order valence-electron chi connectivity index (χ0n) is 12.4. The highest BCUT2D eigenvalue weighted by Gasteiger charge is 2.11. The molecule has 6 heteroatoms. The van der Waals surface area contributed by atoms with Crippen LogP contribution in [0.1, 0.15) is 15.9 Å². The van der Waals surface area contributed by atoms with Gasteiger partial charge in [0.1, 0.15) is 0 Å². The number of fused-ring (bicyclic) bond motifs is 1. The lowest BCUT2D eigenvalue weighted by Gasteiger charge is -2.05. The molecule has 3 aromatic rings. The van der Waals surface area contributed by atoms with Gasteiger partial charge in [-0.3, -0.25) is 10.1 Å². The van der Waals surface area contributed by atoms with E-state index in [-0.39, 0.29) is 6.01 Å². The Morgan fingerprint density at radius 3 is 2.65 bits per heavy atom. The van der Waals surface area contributed by atoms with E-state index in [2.05, 4.69) is 10.3 Å². The number of ether oxygens (including phenoxy) is 1. The second kappa shape index (κ2) is 6.41. The number of nitrogens with zero attached hydrogens (tertiary/aromatic N) is 1.